The molecular weight excluding hydrogens is 445 g/mol. The molecule has 160 valence electrons. The Balaban J connectivity index is 1.48. The van der Waals surface area contributed by atoms with Gasteiger partial charge in [-0.2, -0.15) is 4.31 Å². The van der Waals surface area contributed by atoms with Gasteiger partial charge in [-0.05, 0) is 43.0 Å². The molecule has 0 saturated carbocycles. The number of halogens is 2. The van der Waals surface area contributed by atoms with Crippen molar-refractivity contribution < 1.29 is 13.2 Å². The van der Waals surface area contributed by atoms with Gasteiger partial charge in [0.25, 0.3) is 0 Å². The minimum Gasteiger partial charge on any atom is -0.326 e. The minimum absolute atomic E-state index is 0.0413. The molecule has 1 unspecified atom stereocenters. The molecule has 2 aliphatic rings. The number of likely N-dealkylation sites (N-methyl/N-ethyl adjacent to an activating group) is 1. The molecule has 0 radical (unpaired) electrons. The van der Waals surface area contributed by atoms with E-state index in [2.05, 4.69) is 5.32 Å². The highest BCUT2D eigenvalue weighted by Gasteiger charge is 2.50. The van der Waals surface area contributed by atoms with E-state index < -0.39 is 15.7 Å². The van der Waals surface area contributed by atoms with Gasteiger partial charge in [-0.15, -0.1) is 0 Å². The molecule has 6 nitrogen and oxygen atoms in total. The van der Waals surface area contributed by atoms with Crippen molar-refractivity contribution in [3.05, 3.63) is 64.1 Å². The van der Waals surface area contributed by atoms with E-state index in [0.717, 1.165) is 5.56 Å². The Morgan fingerprint density at radius 1 is 1.07 bits per heavy atom. The van der Waals surface area contributed by atoms with Crippen LogP contribution in [-0.2, 0) is 21.2 Å². The van der Waals surface area contributed by atoms with Gasteiger partial charge in [-0.25, -0.2) is 8.42 Å². The number of carbonyl (C=O) groups is 1. The monoisotopic (exact) mass is 467 g/mol. The van der Waals surface area contributed by atoms with Crippen molar-refractivity contribution in [3.63, 3.8) is 0 Å². The molecule has 2 saturated heterocycles. The highest BCUT2D eigenvalue weighted by Crippen LogP contribution is 2.34. The van der Waals surface area contributed by atoms with Crippen molar-refractivity contribution >= 4 is 39.1 Å². The Morgan fingerprint density at radius 2 is 1.73 bits per heavy atom. The normalized spacial score (nSPS) is 22.0. The van der Waals surface area contributed by atoms with Gasteiger partial charge in [0.1, 0.15) is 0 Å². The Hall–Kier alpha value is -1.64. The largest absolute Gasteiger partial charge is 0.326 e. The number of rotatable bonds is 4. The van der Waals surface area contributed by atoms with Crippen LogP contribution < -0.4 is 5.32 Å². The van der Waals surface area contributed by atoms with Crippen molar-refractivity contribution in [2.75, 3.05) is 20.1 Å². The highest BCUT2D eigenvalue weighted by molar-refractivity contribution is 7.89. The summed E-state index contributed by atoms with van der Waals surface area (Å²) in [5, 5.41) is 4.02. The lowest BCUT2D eigenvalue weighted by atomic mass is 9.97. The molecule has 0 bridgehead atoms. The summed E-state index contributed by atoms with van der Waals surface area (Å²) >= 11 is 11.9. The average Bonchev–Trinajstić information content (AvgIpc) is 2.95. The van der Waals surface area contributed by atoms with E-state index in [-0.39, 0.29) is 21.9 Å². The van der Waals surface area contributed by atoms with Crippen molar-refractivity contribution in [1.29, 1.82) is 0 Å². The van der Waals surface area contributed by atoms with Crippen LogP contribution in [0.4, 0.5) is 0 Å². The smallest absolute Gasteiger partial charge is 0.243 e. The molecule has 0 aromatic heterocycles. The summed E-state index contributed by atoms with van der Waals surface area (Å²) in [4.78, 5) is 14.7. The van der Waals surface area contributed by atoms with E-state index >= 15 is 0 Å². The lowest BCUT2D eigenvalue weighted by Gasteiger charge is -2.42. The average molecular weight is 468 g/mol. The van der Waals surface area contributed by atoms with Crippen LogP contribution in [0, 0.1) is 0 Å². The summed E-state index contributed by atoms with van der Waals surface area (Å²) in [6.07, 6.45) is 1.64. The lowest BCUT2D eigenvalue weighted by Crippen LogP contribution is -2.58. The molecule has 1 N–H and O–H groups in total. The lowest BCUT2D eigenvalue weighted by molar-refractivity contribution is -0.131. The third-order valence-electron chi connectivity index (χ3n) is 6.07. The maximum atomic E-state index is 13.0. The van der Waals surface area contributed by atoms with Gasteiger partial charge in [-0.1, -0.05) is 53.5 Å². The van der Waals surface area contributed by atoms with Crippen molar-refractivity contribution in [1.82, 2.24) is 14.5 Å². The maximum absolute atomic E-state index is 13.0. The van der Waals surface area contributed by atoms with Crippen LogP contribution in [0.3, 0.4) is 0 Å². The van der Waals surface area contributed by atoms with Gasteiger partial charge >= 0.3 is 0 Å². The van der Waals surface area contributed by atoms with Gasteiger partial charge in [0, 0.05) is 20.1 Å². The molecule has 1 spiro atoms. The van der Waals surface area contributed by atoms with Crippen molar-refractivity contribution in [2.24, 2.45) is 0 Å². The summed E-state index contributed by atoms with van der Waals surface area (Å²) < 4.78 is 27.5. The van der Waals surface area contributed by atoms with E-state index in [9.17, 15) is 13.2 Å². The number of piperidine rings is 1. The van der Waals surface area contributed by atoms with Crippen molar-refractivity contribution in [2.45, 2.75) is 35.9 Å². The van der Waals surface area contributed by atoms with Crippen LogP contribution in [0.2, 0.25) is 10.0 Å². The number of carbonyl (C=O) groups excluding carboxylic acids is 1. The molecule has 2 aliphatic heterocycles. The fourth-order valence-corrected chi connectivity index (χ4v) is 6.11. The Morgan fingerprint density at radius 3 is 2.37 bits per heavy atom. The topological polar surface area (TPSA) is 69.7 Å². The number of hydrogen-bond donors (Lipinski definition) is 1. The fourth-order valence-electron chi connectivity index (χ4n) is 4.28. The first-order chi connectivity index (χ1) is 14.2. The summed E-state index contributed by atoms with van der Waals surface area (Å²) in [5.41, 5.74) is 0.564. The van der Waals surface area contributed by atoms with Crippen LogP contribution >= 0.6 is 23.2 Å². The summed E-state index contributed by atoms with van der Waals surface area (Å²) in [6.45, 7) is 0.622. The van der Waals surface area contributed by atoms with Crippen LogP contribution in [0.1, 0.15) is 18.4 Å². The molecule has 2 fully saturated rings. The second-order valence-electron chi connectivity index (χ2n) is 7.80. The van der Waals surface area contributed by atoms with E-state index in [1.165, 1.54) is 22.5 Å². The second kappa shape index (κ2) is 8.13. The van der Waals surface area contributed by atoms with E-state index in [1.807, 2.05) is 30.3 Å². The molecule has 1 amide bonds. The zero-order valence-electron chi connectivity index (χ0n) is 16.5. The Kier molecular flexibility index (Phi) is 5.85. The number of hydrogen-bond acceptors (Lipinski definition) is 4. The predicted octanol–water partition coefficient (Wildman–Crippen LogP) is 3.15. The van der Waals surface area contributed by atoms with Gasteiger partial charge in [0.05, 0.1) is 26.6 Å². The molecule has 2 aromatic carbocycles. The van der Waals surface area contributed by atoms with Crippen molar-refractivity contribution in [3.8, 4) is 0 Å². The SMILES string of the molecule is CN1C(=O)C(Cc2ccccc2)NC12CCN(S(=O)(=O)c1ccc(Cl)c(Cl)c1)CC2. The molecule has 0 aliphatic carbocycles. The standard InChI is InChI=1S/C21H23Cl2N3O3S/c1-25-20(27)19(13-15-5-3-2-4-6-15)24-21(25)9-11-26(12-10-21)30(28,29)16-7-8-17(22)18(23)14-16/h2-8,14,19,24H,9-13H2,1H3. The zero-order chi connectivity index (χ0) is 21.5. The first kappa shape index (κ1) is 21.6. The maximum Gasteiger partial charge on any atom is 0.243 e. The molecule has 4 rings (SSSR count). The van der Waals surface area contributed by atoms with Gasteiger partial charge in [0.2, 0.25) is 15.9 Å². The van der Waals surface area contributed by atoms with E-state index in [1.54, 1.807) is 11.9 Å². The summed E-state index contributed by atoms with van der Waals surface area (Å²) in [6, 6.07) is 13.9. The number of nitrogens with one attached hydrogen (secondary N) is 1. The second-order valence-corrected chi connectivity index (χ2v) is 10.5. The highest BCUT2D eigenvalue weighted by atomic mass is 35.5. The first-order valence-corrected chi connectivity index (χ1v) is 12.0. The van der Waals surface area contributed by atoms with Crippen LogP contribution in [-0.4, -0.2) is 55.4 Å². The third-order valence-corrected chi connectivity index (χ3v) is 8.71. The van der Waals surface area contributed by atoms with Gasteiger partial charge in [-0.3, -0.25) is 10.1 Å². The number of sulfonamides is 1. The molecule has 2 heterocycles. The number of nitrogens with zero attached hydrogens (tertiary/aromatic N) is 2. The van der Waals surface area contributed by atoms with Crippen LogP contribution in [0.5, 0.6) is 0 Å². The molecule has 30 heavy (non-hydrogen) atoms. The first-order valence-electron chi connectivity index (χ1n) is 9.77. The Bertz CT molecular complexity index is 1050. The zero-order valence-corrected chi connectivity index (χ0v) is 18.8. The summed E-state index contributed by atoms with van der Waals surface area (Å²) in [7, 11) is -1.89. The summed E-state index contributed by atoms with van der Waals surface area (Å²) in [5.74, 6) is 0.0413. The molecular formula is C21H23Cl2N3O3S. The minimum atomic E-state index is -3.68. The number of amides is 1. The molecule has 9 heteroatoms. The predicted molar refractivity (Wildman–Crippen MR) is 117 cm³/mol. The van der Waals surface area contributed by atoms with E-state index in [4.69, 9.17) is 23.2 Å². The van der Waals surface area contributed by atoms with Crippen LogP contribution in [0.15, 0.2) is 53.4 Å². The fraction of sp³-hybridized carbons (Fsp3) is 0.381. The Labute approximate surface area is 186 Å². The van der Waals surface area contributed by atoms with Gasteiger partial charge < -0.3 is 4.90 Å². The number of benzene rings is 2. The third kappa shape index (κ3) is 3.85. The molecule has 1 atom stereocenters. The quantitative estimate of drug-likeness (QED) is 0.749. The molecule has 2 aromatic rings. The van der Waals surface area contributed by atoms with Gasteiger partial charge in [0.15, 0.2) is 0 Å². The van der Waals surface area contributed by atoms with Crippen LogP contribution in [0.25, 0.3) is 0 Å². The van der Waals surface area contributed by atoms with E-state index in [0.29, 0.717) is 37.4 Å².